The monoisotopic (exact) mass is 279 g/mol. The number of urea groups is 1. The van der Waals surface area contributed by atoms with Crippen LogP contribution in [0.5, 0.6) is 0 Å². The van der Waals surface area contributed by atoms with E-state index in [1.54, 1.807) is 16.5 Å². The smallest absolute Gasteiger partial charge is 0.318 e. The van der Waals surface area contributed by atoms with Gasteiger partial charge in [0.15, 0.2) is 0 Å². The van der Waals surface area contributed by atoms with Crippen LogP contribution in [0.2, 0.25) is 0 Å². The number of hydrogen-bond donors (Lipinski definition) is 2. The van der Waals surface area contributed by atoms with E-state index >= 15 is 0 Å². The first-order valence-corrected chi connectivity index (χ1v) is 6.62. The fraction of sp³-hybridized carbons (Fsp3) is 0.615. The molecule has 0 spiro atoms. The van der Waals surface area contributed by atoms with Gasteiger partial charge in [-0.3, -0.25) is 9.48 Å². The van der Waals surface area contributed by atoms with E-state index in [-0.39, 0.29) is 11.6 Å². The van der Waals surface area contributed by atoms with E-state index in [1.807, 2.05) is 20.8 Å². The fourth-order valence-electron chi connectivity index (χ4n) is 2.34. The first-order valence-electron chi connectivity index (χ1n) is 6.62. The summed E-state index contributed by atoms with van der Waals surface area (Å²) in [6.07, 6.45) is 0. The van der Waals surface area contributed by atoms with Gasteiger partial charge in [-0.25, -0.2) is 4.79 Å². The Morgan fingerprint density at radius 1 is 1.30 bits per heavy atom. The highest BCUT2D eigenvalue weighted by atomic mass is 16.2. The third-order valence-electron chi connectivity index (χ3n) is 3.17. The topological polar surface area (TPSA) is 93.2 Å². The second-order valence-corrected chi connectivity index (χ2v) is 6.10. The number of nitrogens with two attached hydrogens (primary N) is 1. The van der Waals surface area contributed by atoms with Crippen molar-refractivity contribution in [3.05, 3.63) is 17.0 Å². The van der Waals surface area contributed by atoms with Crippen LogP contribution in [0.1, 0.15) is 42.5 Å². The van der Waals surface area contributed by atoms with Gasteiger partial charge in [0.05, 0.1) is 30.0 Å². The molecule has 1 aliphatic rings. The summed E-state index contributed by atoms with van der Waals surface area (Å²) in [7, 11) is 0. The highest BCUT2D eigenvalue weighted by Crippen LogP contribution is 2.20. The Bertz CT molecular complexity index is 556. The molecule has 2 rings (SSSR count). The molecular weight excluding hydrogens is 258 g/mol. The summed E-state index contributed by atoms with van der Waals surface area (Å²) < 4.78 is 1.76. The molecule has 110 valence electrons. The number of rotatable bonds is 1. The molecule has 0 atom stereocenters. The number of carbonyl (C=O) groups excluding carboxylic acids is 2. The van der Waals surface area contributed by atoms with Crippen molar-refractivity contribution in [2.45, 2.75) is 46.3 Å². The van der Waals surface area contributed by atoms with Crippen molar-refractivity contribution < 1.29 is 9.59 Å². The number of aromatic nitrogens is 2. The van der Waals surface area contributed by atoms with Gasteiger partial charge in [0.1, 0.15) is 0 Å². The molecule has 0 saturated heterocycles. The van der Waals surface area contributed by atoms with Gasteiger partial charge < -0.3 is 16.0 Å². The van der Waals surface area contributed by atoms with E-state index in [0.29, 0.717) is 36.6 Å². The number of aryl methyl sites for hydroxylation is 1. The van der Waals surface area contributed by atoms with Crippen molar-refractivity contribution in [2.24, 2.45) is 5.73 Å². The van der Waals surface area contributed by atoms with Crippen LogP contribution in [0, 0.1) is 6.92 Å². The highest BCUT2D eigenvalue weighted by molar-refractivity contribution is 5.95. The van der Waals surface area contributed by atoms with Gasteiger partial charge in [-0.05, 0) is 27.7 Å². The molecule has 1 aliphatic heterocycles. The van der Waals surface area contributed by atoms with Crippen molar-refractivity contribution in [3.63, 3.8) is 0 Å². The lowest BCUT2D eigenvalue weighted by Gasteiger charge is -2.31. The minimum absolute atomic E-state index is 0.141. The van der Waals surface area contributed by atoms with Crippen LogP contribution >= 0.6 is 0 Å². The van der Waals surface area contributed by atoms with Crippen molar-refractivity contribution in [1.82, 2.24) is 20.0 Å². The van der Waals surface area contributed by atoms with Crippen LogP contribution in [-0.4, -0.2) is 38.7 Å². The third-order valence-corrected chi connectivity index (χ3v) is 3.17. The fourth-order valence-corrected chi connectivity index (χ4v) is 2.34. The Kier molecular flexibility index (Phi) is 3.45. The lowest BCUT2D eigenvalue weighted by atomic mass is 10.1. The molecule has 7 nitrogen and oxygen atoms in total. The van der Waals surface area contributed by atoms with Crippen LogP contribution in [0.15, 0.2) is 0 Å². The van der Waals surface area contributed by atoms with Crippen LogP contribution in [0.25, 0.3) is 0 Å². The maximum absolute atomic E-state index is 12.2. The molecule has 0 unspecified atom stereocenters. The molecule has 20 heavy (non-hydrogen) atoms. The van der Waals surface area contributed by atoms with E-state index in [2.05, 4.69) is 10.4 Å². The lowest BCUT2D eigenvalue weighted by Crippen LogP contribution is -2.50. The summed E-state index contributed by atoms with van der Waals surface area (Å²) in [6.45, 7) is 9.02. The van der Waals surface area contributed by atoms with Crippen LogP contribution < -0.4 is 11.1 Å². The number of hydrogen-bond acceptors (Lipinski definition) is 3. The van der Waals surface area contributed by atoms with E-state index in [4.69, 9.17) is 5.73 Å². The van der Waals surface area contributed by atoms with Gasteiger partial charge in [0.25, 0.3) is 5.91 Å². The Hall–Kier alpha value is -2.05. The SMILES string of the molecule is Cc1nn2c(c1C(N)=O)CN(C(=O)NC(C)(C)C)CC2. The average Bonchev–Trinajstić information content (AvgIpc) is 2.61. The molecule has 0 fully saturated rings. The van der Waals surface area contributed by atoms with Crippen LogP contribution in [-0.2, 0) is 13.1 Å². The number of carbonyl (C=O) groups is 2. The summed E-state index contributed by atoms with van der Waals surface area (Å²) in [4.78, 5) is 25.4. The molecular formula is C13H21N5O2. The Labute approximate surface area is 118 Å². The second kappa shape index (κ2) is 4.81. The summed E-state index contributed by atoms with van der Waals surface area (Å²) in [5.41, 5.74) is 6.86. The van der Waals surface area contributed by atoms with Crippen molar-refractivity contribution in [1.29, 1.82) is 0 Å². The predicted octanol–water partition coefficient (Wildman–Crippen LogP) is 0.614. The zero-order chi connectivity index (χ0) is 15.1. The molecule has 1 aromatic heterocycles. The summed E-state index contributed by atoms with van der Waals surface area (Å²) in [6, 6.07) is -0.141. The standard InChI is InChI=1S/C13H21N5O2/c1-8-10(11(14)19)9-7-17(5-6-18(9)16-8)12(20)15-13(2,3)4/h5-7H2,1-4H3,(H2,14,19)(H,15,20). The molecule has 1 aromatic rings. The van der Waals surface area contributed by atoms with Gasteiger partial charge in [-0.1, -0.05) is 0 Å². The van der Waals surface area contributed by atoms with Crippen molar-refractivity contribution in [2.75, 3.05) is 6.54 Å². The second-order valence-electron chi connectivity index (χ2n) is 6.10. The molecule has 7 heteroatoms. The van der Waals surface area contributed by atoms with Crippen molar-refractivity contribution >= 4 is 11.9 Å². The summed E-state index contributed by atoms with van der Waals surface area (Å²) in [5, 5.41) is 7.21. The lowest BCUT2D eigenvalue weighted by molar-refractivity contribution is 0.0996. The van der Waals surface area contributed by atoms with Crippen LogP contribution in [0.4, 0.5) is 4.79 Å². The number of nitrogens with one attached hydrogen (secondary N) is 1. The van der Waals surface area contributed by atoms with Gasteiger partial charge in [0.2, 0.25) is 0 Å². The quantitative estimate of drug-likeness (QED) is 0.789. The Balaban J connectivity index is 2.22. The van der Waals surface area contributed by atoms with Crippen LogP contribution in [0.3, 0.4) is 0 Å². The third kappa shape index (κ3) is 2.76. The Morgan fingerprint density at radius 3 is 2.50 bits per heavy atom. The molecule has 3 N–H and O–H groups in total. The molecule has 2 heterocycles. The van der Waals surface area contributed by atoms with E-state index in [1.165, 1.54) is 0 Å². The molecule has 3 amide bonds. The molecule has 0 radical (unpaired) electrons. The normalized spacial score (nSPS) is 14.9. The molecule has 0 bridgehead atoms. The Morgan fingerprint density at radius 2 is 1.95 bits per heavy atom. The summed E-state index contributed by atoms with van der Waals surface area (Å²) in [5.74, 6) is -0.498. The minimum atomic E-state index is -0.498. The first kappa shape index (κ1) is 14.4. The largest absolute Gasteiger partial charge is 0.365 e. The van der Waals surface area contributed by atoms with Gasteiger partial charge >= 0.3 is 6.03 Å². The maximum Gasteiger partial charge on any atom is 0.318 e. The highest BCUT2D eigenvalue weighted by Gasteiger charge is 2.28. The van der Waals surface area contributed by atoms with E-state index in [0.717, 1.165) is 0 Å². The zero-order valence-corrected chi connectivity index (χ0v) is 12.4. The summed E-state index contributed by atoms with van der Waals surface area (Å²) >= 11 is 0. The van der Waals surface area contributed by atoms with Gasteiger partial charge in [-0.2, -0.15) is 5.10 Å². The van der Waals surface area contributed by atoms with E-state index in [9.17, 15) is 9.59 Å². The number of fused-ring (bicyclic) bond motifs is 1. The average molecular weight is 279 g/mol. The molecule has 0 saturated carbocycles. The molecule has 0 aliphatic carbocycles. The predicted molar refractivity (Wildman–Crippen MR) is 74.2 cm³/mol. The number of primary amides is 1. The van der Waals surface area contributed by atoms with Crippen molar-refractivity contribution in [3.8, 4) is 0 Å². The van der Waals surface area contributed by atoms with Gasteiger partial charge in [-0.15, -0.1) is 0 Å². The zero-order valence-electron chi connectivity index (χ0n) is 12.4. The number of nitrogens with zero attached hydrogens (tertiary/aromatic N) is 3. The molecule has 0 aromatic carbocycles. The van der Waals surface area contributed by atoms with Gasteiger partial charge in [0, 0.05) is 12.1 Å². The number of amides is 3. The van der Waals surface area contributed by atoms with E-state index < -0.39 is 5.91 Å². The first-order chi connectivity index (χ1) is 9.19. The minimum Gasteiger partial charge on any atom is -0.365 e. The maximum atomic E-state index is 12.2.